The van der Waals surface area contributed by atoms with Gasteiger partial charge in [-0.3, -0.25) is 19.4 Å². The Bertz CT molecular complexity index is 1360. The molecule has 0 aliphatic carbocycles. The summed E-state index contributed by atoms with van der Waals surface area (Å²) in [5.41, 5.74) is 10.2. The van der Waals surface area contributed by atoms with Crippen LogP contribution in [0.3, 0.4) is 0 Å². The maximum Gasteiger partial charge on any atom is 0.330 e. The number of primary amides is 1. The summed E-state index contributed by atoms with van der Waals surface area (Å²) in [7, 11) is 1.63. The summed E-state index contributed by atoms with van der Waals surface area (Å²) in [6.45, 7) is 3.53. The first kappa shape index (κ1) is 24.5. The molecule has 2 fully saturated rings. The number of hydrogen-bond acceptors (Lipinski definition) is 5. The quantitative estimate of drug-likeness (QED) is 0.534. The molecule has 3 aromatic rings. The lowest BCUT2D eigenvalue weighted by molar-refractivity contribution is -0.117. The fraction of sp³-hybridized carbons (Fsp3) is 0.286. The van der Waals surface area contributed by atoms with E-state index in [2.05, 4.69) is 4.98 Å². The highest BCUT2D eigenvalue weighted by molar-refractivity contribution is 6.07. The average Bonchev–Trinajstić information content (AvgIpc) is 3.50. The van der Waals surface area contributed by atoms with Crippen molar-refractivity contribution in [3.8, 4) is 11.1 Å². The van der Waals surface area contributed by atoms with Crippen LogP contribution in [0.1, 0.15) is 29.3 Å². The summed E-state index contributed by atoms with van der Waals surface area (Å²) >= 11 is 0. The van der Waals surface area contributed by atoms with Gasteiger partial charge in [-0.25, -0.2) is 9.78 Å². The zero-order valence-electron chi connectivity index (χ0n) is 20.9. The topological polar surface area (TPSA) is 109 Å². The molecule has 2 N–H and O–H groups in total. The Morgan fingerprint density at radius 3 is 2.46 bits per heavy atom. The smallest absolute Gasteiger partial charge is 0.330 e. The van der Waals surface area contributed by atoms with Crippen LogP contribution in [0.15, 0.2) is 60.8 Å². The summed E-state index contributed by atoms with van der Waals surface area (Å²) in [5.74, 6) is 0.144. The Labute approximate surface area is 215 Å². The fourth-order valence-corrected chi connectivity index (χ4v) is 5.04. The molecule has 1 aromatic heterocycles. The summed E-state index contributed by atoms with van der Waals surface area (Å²) in [5, 5.41) is 0. The third kappa shape index (κ3) is 4.53. The predicted octanol–water partition coefficient (Wildman–Crippen LogP) is 3.61. The second kappa shape index (κ2) is 10.0. The van der Waals surface area contributed by atoms with Crippen molar-refractivity contribution in [2.75, 3.05) is 41.4 Å². The molecule has 2 aliphatic rings. The third-order valence-corrected chi connectivity index (χ3v) is 7.01. The van der Waals surface area contributed by atoms with E-state index >= 15 is 0 Å². The molecule has 2 aromatic carbocycles. The molecule has 5 rings (SSSR count). The molecular weight excluding hydrogens is 470 g/mol. The first-order valence-corrected chi connectivity index (χ1v) is 12.3. The number of rotatable bonds is 7. The van der Waals surface area contributed by atoms with E-state index in [-0.39, 0.29) is 18.0 Å². The third-order valence-electron chi connectivity index (χ3n) is 7.01. The fourth-order valence-electron chi connectivity index (χ4n) is 5.04. The second-order valence-electron chi connectivity index (χ2n) is 9.13. The molecule has 3 heterocycles. The van der Waals surface area contributed by atoms with Crippen LogP contribution in [0.25, 0.3) is 11.1 Å². The average molecular weight is 500 g/mol. The standard InChI is InChI=1S/C28H29N5O4/c1-3-23-24(18-7-9-20(10-8-18)33-17-22(37-2)16-25(33)34)11-12-30-27(23)32-14-13-31(28(32)36)21-6-4-5-19(15-21)26(29)35/h4-12,15,22H,3,13-14,16-17H2,1-2H3,(H2,29,35)/t22-/m0/s1. The predicted molar refractivity (Wildman–Crippen MR) is 142 cm³/mol. The number of amides is 4. The van der Waals surface area contributed by atoms with E-state index in [0.717, 1.165) is 22.4 Å². The molecule has 190 valence electrons. The molecule has 0 saturated carbocycles. The van der Waals surface area contributed by atoms with E-state index in [1.165, 1.54) is 0 Å². The van der Waals surface area contributed by atoms with Gasteiger partial charge in [-0.2, -0.15) is 0 Å². The molecule has 0 spiro atoms. The summed E-state index contributed by atoms with van der Waals surface area (Å²) < 4.78 is 5.35. The number of nitrogens with two attached hydrogens (primary N) is 1. The first-order valence-electron chi connectivity index (χ1n) is 12.3. The first-order chi connectivity index (χ1) is 17.9. The minimum Gasteiger partial charge on any atom is -0.379 e. The van der Waals surface area contributed by atoms with Gasteiger partial charge in [-0.05, 0) is 53.9 Å². The van der Waals surface area contributed by atoms with Gasteiger partial charge in [0, 0.05) is 48.9 Å². The van der Waals surface area contributed by atoms with E-state index in [0.29, 0.717) is 49.5 Å². The van der Waals surface area contributed by atoms with Crippen LogP contribution < -0.4 is 20.4 Å². The Balaban J connectivity index is 1.42. The SMILES string of the molecule is CCc1c(-c2ccc(N3C[C@@H](OC)CC3=O)cc2)ccnc1N1CCN(c2cccc(C(N)=O)c2)C1=O. The molecule has 0 bridgehead atoms. The summed E-state index contributed by atoms with van der Waals surface area (Å²) in [4.78, 5) is 47.1. The van der Waals surface area contributed by atoms with Crippen molar-refractivity contribution in [1.82, 2.24) is 4.98 Å². The summed E-state index contributed by atoms with van der Waals surface area (Å²) in [6.07, 6.45) is 2.70. The van der Waals surface area contributed by atoms with Gasteiger partial charge in [-0.1, -0.05) is 25.1 Å². The summed E-state index contributed by atoms with van der Waals surface area (Å²) in [6, 6.07) is 16.4. The monoisotopic (exact) mass is 499 g/mol. The molecule has 2 aliphatic heterocycles. The van der Waals surface area contributed by atoms with Crippen LogP contribution in [0.4, 0.5) is 22.0 Å². The number of pyridine rings is 1. The lowest BCUT2D eigenvalue weighted by atomic mass is 9.98. The highest BCUT2D eigenvalue weighted by atomic mass is 16.5. The van der Waals surface area contributed by atoms with Crippen LogP contribution in [0.2, 0.25) is 0 Å². The number of urea groups is 1. The molecule has 4 amide bonds. The molecule has 9 heteroatoms. The molecule has 0 radical (unpaired) electrons. The lowest BCUT2D eigenvalue weighted by Crippen LogP contribution is -2.33. The molecule has 2 saturated heterocycles. The largest absolute Gasteiger partial charge is 0.379 e. The highest BCUT2D eigenvalue weighted by Crippen LogP contribution is 2.34. The van der Waals surface area contributed by atoms with Crippen molar-refractivity contribution in [2.24, 2.45) is 5.73 Å². The van der Waals surface area contributed by atoms with Crippen molar-refractivity contribution in [3.63, 3.8) is 0 Å². The van der Waals surface area contributed by atoms with Crippen LogP contribution in [0, 0.1) is 0 Å². The number of hydrogen-bond donors (Lipinski definition) is 1. The van der Waals surface area contributed by atoms with Gasteiger partial charge < -0.3 is 15.4 Å². The molecule has 1 atom stereocenters. The molecule has 0 unspecified atom stereocenters. The molecule has 37 heavy (non-hydrogen) atoms. The van der Waals surface area contributed by atoms with Crippen molar-refractivity contribution in [2.45, 2.75) is 25.9 Å². The van der Waals surface area contributed by atoms with Crippen LogP contribution in [-0.2, 0) is 16.0 Å². The highest BCUT2D eigenvalue weighted by Gasteiger charge is 2.34. The Hall–Kier alpha value is -4.24. The van der Waals surface area contributed by atoms with E-state index < -0.39 is 5.91 Å². The van der Waals surface area contributed by atoms with Crippen molar-refractivity contribution >= 4 is 35.0 Å². The normalized spacial score (nSPS) is 17.7. The minimum atomic E-state index is -0.536. The number of ether oxygens (including phenoxy) is 1. The van der Waals surface area contributed by atoms with E-state index in [4.69, 9.17) is 10.5 Å². The minimum absolute atomic E-state index is 0.0542. The Kier molecular flexibility index (Phi) is 6.62. The van der Waals surface area contributed by atoms with Crippen LogP contribution in [0.5, 0.6) is 0 Å². The number of nitrogens with zero attached hydrogens (tertiary/aromatic N) is 4. The van der Waals surface area contributed by atoms with Gasteiger partial charge in [0.1, 0.15) is 5.82 Å². The van der Waals surface area contributed by atoms with E-state index in [1.807, 2.05) is 37.3 Å². The molecular formula is C28H29N5O4. The van der Waals surface area contributed by atoms with Crippen molar-refractivity contribution in [3.05, 3.63) is 71.9 Å². The van der Waals surface area contributed by atoms with Gasteiger partial charge in [-0.15, -0.1) is 0 Å². The lowest BCUT2D eigenvalue weighted by Gasteiger charge is -2.22. The number of aromatic nitrogens is 1. The van der Waals surface area contributed by atoms with Gasteiger partial charge >= 0.3 is 6.03 Å². The second-order valence-corrected chi connectivity index (χ2v) is 9.13. The molecule has 9 nitrogen and oxygen atoms in total. The van der Waals surface area contributed by atoms with Crippen molar-refractivity contribution < 1.29 is 19.1 Å². The van der Waals surface area contributed by atoms with E-state index in [1.54, 1.807) is 52.3 Å². The van der Waals surface area contributed by atoms with Gasteiger partial charge in [0.25, 0.3) is 0 Å². The zero-order valence-corrected chi connectivity index (χ0v) is 20.9. The van der Waals surface area contributed by atoms with Gasteiger partial charge in [0.2, 0.25) is 11.8 Å². The Morgan fingerprint density at radius 1 is 1.03 bits per heavy atom. The van der Waals surface area contributed by atoms with Gasteiger partial charge in [0.05, 0.1) is 19.1 Å². The number of benzene rings is 2. The number of carbonyl (C=O) groups is 3. The number of anilines is 3. The zero-order chi connectivity index (χ0) is 26.1. The maximum absolute atomic E-state index is 13.4. The maximum atomic E-state index is 13.4. The van der Waals surface area contributed by atoms with E-state index in [9.17, 15) is 14.4 Å². The van der Waals surface area contributed by atoms with Gasteiger partial charge in [0.15, 0.2) is 0 Å². The van der Waals surface area contributed by atoms with Crippen molar-refractivity contribution in [1.29, 1.82) is 0 Å². The van der Waals surface area contributed by atoms with Crippen LogP contribution in [-0.4, -0.2) is 55.7 Å². The Morgan fingerprint density at radius 2 is 1.78 bits per heavy atom. The number of methoxy groups -OCH3 is 1. The van der Waals surface area contributed by atoms with Crippen LogP contribution >= 0.6 is 0 Å². The number of carbonyl (C=O) groups excluding carboxylic acids is 3.